The summed E-state index contributed by atoms with van der Waals surface area (Å²) in [6.07, 6.45) is 2.90. The van der Waals surface area contributed by atoms with Crippen LogP contribution < -0.4 is 5.32 Å². The van der Waals surface area contributed by atoms with E-state index >= 15 is 0 Å². The number of nitrogens with zero attached hydrogens (tertiary/aromatic N) is 1. The Morgan fingerprint density at radius 3 is 2.47 bits per heavy atom. The minimum Gasteiger partial charge on any atom is -0.450 e. The van der Waals surface area contributed by atoms with Gasteiger partial charge in [-0.25, -0.2) is 4.79 Å². The van der Waals surface area contributed by atoms with Gasteiger partial charge in [-0.2, -0.15) is 0 Å². The second-order valence-electron chi connectivity index (χ2n) is 5.46. The molecule has 0 saturated carbocycles. The van der Waals surface area contributed by atoms with Gasteiger partial charge in [0.15, 0.2) is 0 Å². The lowest BCUT2D eigenvalue weighted by atomic mass is 10.0. The van der Waals surface area contributed by atoms with Gasteiger partial charge in [-0.05, 0) is 32.1 Å². The fourth-order valence-electron chi connectivity index (χ4n) is 2.14. The highest BCUT2D eigenvalue weighted by Crippen LogP contribution is 2.12. The highest BCUT2D eigenvalue weighted by molar-refractivity contribution is 5.76. The van der Waals surface area contributed by atoms with E-state index in [2.05, 4.69) is 19.2 Å². The molecule has 0 bridgehead atoms. The first kappa shape index (κ1) is 15.8. The summed E-state index contributed by atoms with van der Waals surface area (Å²) in [5.41, 5.74) is 0. The largest absolute Gasteiger partial charge is 0.450 e. The monoisotopic (exact) mass is 270 g/mol. The van der Waals surface area contributed by atoms with Crippen LogP contribution in [-0.4, -0.2) is 42.6 Å². The fourth-order valence-corrected chi connectivity index (χ4v) is 2.14. The van der Waals surface area contributed by atoms with E-state index in [0.29, 0.717) is 32.0 Å². The first-order valence-corrected chi connectivity index (χ1v) is 7.24. The van der Waals surface area contributed by atoms with Crippen LogP contribution in [-0.2, 0) is 9.53 Å². The molecule has 0 aliphatic carbocycles. The summed E-state index contributed by atoms with van der Waals surface area (Å²) in [6, 6.07) is 0.199. The van der Waals surface area contributed by atoms with Crippen LogP contribution in [0, 0.1) is 5.92 Å². The van der Waals surface area contributed by atoms with E-state index in [9.17, 15) is 9.59 Å². The number of carbonyl (C=O) groups is 2. The number of rotatable bonds is 5. The number of ether oxygens (including phenoxy) is 1. The minimum absolute atomic E-state index is 0.128. The van der Waals surface area contributed by atoms with Crippen molar-refractivity contribution in [3.8, 4) is 0 Å². The maximum atomic E-state index is 11.7. The molecular weight excluding hydrogens is 244 g/mol. The summed E-state index contributed by atoms with van der Waals surface area (Å²) in [5, 5.41) is 3.05. The Balaban J connectivity index is 2.22. The molecule has 1 rings (SSSR count). The third-order valence-corrected chi connectivity index (χ3v) is 3.33. The lowest BCUT2D eigenvalue weighted by Gasteiger charge is -2.31. The first-order valence-electron chi connectivity index (χ1n) is 7.24. The van der Waals surface area contributed by atoms with Crippen molar-refractivity contribution in [3.05, 3.63) is 0 Å². The van der Waals surface area contributed by atoms with Gasteiger partial charge >= 0.3 is 6.09 Å². The van der Waals surface area contributed by atoms with Crippen LogP contribution >= 0.6 is 0 Å². The summed E-state index contributed by atoms with van der Waals surface area (Å²) in [7, 11) is 0. The Morgan fingerprint density at radius 1 is 1.32 bits per heavy atom. The van der Waals surface area contributed by atoms with Crippen LogP contribution in [0.4, 0.5) is 4.79 Å². The predicted octanol–water partition coefficient (Wildman–Crippen LogP) is 2.16. The summed E-state index contributed by atoms with van der Waals surface area (Å²) in [6.45, 7) is 7.77. The minimum atomic E-state index is -0.243. The highest BCUT2D eigenvalue weighted by atomic mass is 16.6. The molecule has 1 aliphatic rings. The average Bonchev–Trinajstić information content (AvgIpc) is 2.37. The number of likely N-dealkylation sites (tertiary alicyclic amines) is 1. The topological polar surface area (TPSA) is 58.6 Å². The molecule has 1 heterocycles. The van der Waals surface area contributed by atoms with E-state index in [4.69, 9.17) is 4.74 Å². The van der Waals surface area contributed by atoms with E-state index in [1.54, 1.807) is 11.8 Å². The van der Waals surface area contributed by atoms with Crippen molar-refractivity contribution in [1.82, 2.24) is 10.2 Å². The quantitative estimate of drug-likeness (QED) is 0.833. The zero-order valence-electron chi connectivity index (χ0n) is 12.3. The fraction of sp³-hybridized carbons (Fsp3) is 0.857. The predicted molar refractivity (Wildman–Crippen MR) is 73.8 cm³/mol. The van der Waals surface area contributed by atoms with Crippen LogP contribution in [0.2, 0.25) is 0 Å². The van der Waals surface area contributed by atoms with Crippen molar-refractivity contribution in [2.45, 2.75) is 52.5 Å². The normalized spacial score (nSPS) is 16.5. The molecule has 0 spiro atoms. The SMILES string of the molecule is CCOC(=O)N1CCC(NC(=O)CCC(C)C)CC1. The lowest BCUT2D eigenvalue weighted by molar-refractivity contribution is -0.122. The van der Waals surface area contributed by atoms with Crippen molar-refractivity contribution >= 4 is 12.0 Å². The second-order valence-corrected chi connectivity index (χ2v) is 5.46. The van der Waals surface area contributed by atoms with Gasteiger partial charge in [-0.1, -0.05) is 13.8 Å². The summed E-state index contributed by atoms with van der Waals surface area (Å²) < 4.78 is 4.96. The Bertz CT molecular complexity index is 297. The molecule has 5 nitrogen and oxygen atoms in total. The van der Waals surface area contributed by atoms with Crippen LogP contribution in [0.25, 0.3) is 0 Å². The zero-order valence-corrected chi connectivity index (χ0v) is 12.3. The second kappa shape index (κ2) is 8.02. The van der Waals surface area contributed by atoms with E-state index in [1.807, 2.05) is 0 Å². The van der Waals surface area contributed by atoms with Crippen molar-refractivity contribution in [2.75, 3.05) is 19.7 Å². The molecule has 1 saturated heterocycles. The van der Waals surface area contributed by atoms with E-state index in [1.165, 1.54) is 0 Å². The Hall–Kier alpha value is -1.26. The number of hydrogen-bond acceptors (Lipinski definition) is 3. The first-order chi connectivity index (χ1) is 9.02. The van der Waals surface area contributed by atoms with E-state index in [-0.39, 0.29) is 18.0 Å². The number of piperidine rings is 1. The lowest BCUT2D eigenvalue weighted by Crippen LogP contribution is -2.46. The van der Waals surface area contributed by atoms with Gasteiger partial charge in [0.1, 0.15) is 0 Å². The number of amides is 2. The van der Waals surface area contributed by atoms with Gasteiger partial charge in [-0.3, -0.25) is 4.79 Å². The summed E-state index contributed by atoms with van der Waals surface area (Å²) in [4.78, 5) is 24.9. The zero-order chi connectivity index (χ0) is 14.3. The smallest absolute Gasteiger partial charge is 0.409 e. The number of carbonyl (C=O) groups excluding carboxylic acids is 2. The van der Waals surface area contributed by atoms with E-state index in [0.717, 1.165) is 19.3 Å². The molecular formula is C14H26N2O3. The van der Waals surface area contributed by atoms with Crippen LogP contribution in [0.5, 0.6) is 0 Å². The highest BCUT2D eigenvalue weighted by Gasteiger charge is 2.24. The molecule has 110 valence electrons. The van der Waals surface area contributed by atoms with Crippen molar-refractivity contribution in [2.24, 2.45) is 5.92 Å². The molecule has 0 radical (unpaired) electrons. The van der Waals surface area contributed by atoms with Gasteiger partial charge < -0.3 is 15.0 Å². The molecule has 2 amide bonds. The number of nitrogens with one attached hydrogen (secondary N) is 1. The Labute approximate surface area is 115 Å². The summed E-state index contributed by atoms with van der Waals surface area (Å²) >= 11 is 0. The van der Waals surface area contributed by atoms with E-state index < -0.39 is 0 Å². The molecule has 0 aromatic carbocycles. The maximum absolute atomic E-state index is 11.7. The number of hydrogen-bond donors (Lipinski definition) is 1. The van der Waals surface area contributed by atoms with Crippen LogP contribution in [0.1, 0.15) is 46.5 Å². The molecule has 0 unspecified atom stereocenters. The summed E-state index contributed by atoms with van der Waals surface area (Å²) in [5.74, 6) is 0.680. The average molecular weight is 270 g/mol. The van der Waals surface area contributed by atoms with Crippen molar-refractivity contribution in [3.63, 3.8) is 0 Å². The van der Waals surface area contributed by atoms with Crippen LogP contribution in [0.15, 0.2) is 0 Å². The standard InChI is InChI=1S/C14H26N2O3/c1-4-19-14(18)16-9-7-12(8-10-16)15-13(17)6-5-11(2)3/h11-12H,4-10H2,1-3H3,(H,15,17). The Morgan fingerprint density at radius 2 is 1.95 bits per heavy atom. The molecule has 0 aromatic heterocycles. The Kier molecular flexibility index (Phi) is 6.67. The van der Waals surface area contributed by atoms with Gasteiger partial charge in [0.05, 0.1) is 6.61 Å². The van der Waals surface area contributed by atoms with Crippen molar-refractivity contribution < 1.29 is 14.3 Å². The molecule has 19 heavy (non-hydrogen) atoms. The van der Waals surface area contributed by atoms with Gasteiger partial charge in [0, 0.05) is 25.6 Å². The molecule has 1 fully saturated rings. The molecule has 1 aliphatic heterocycles. The molecule has 0 atom stereocenters. The van der Waals surface area contributed by atoms with Gasteiger partial charge in [0.2, 0.25) is 5.91 Å². The third kappa shape index (κ3) is 5.94. The van der Waals surface area contributed by atoms with Crippen LogP contribution in [0.3, 0.4) is 0 Å². The molecule has 5 heteroatoms. The van der Waals surface area contributed by atoms with Gasteiger partial charge in [-0.15, -0.1) is 0 Å². The maximum Gasteiger partial charge on any atom is 0.409 e. The molecule has 0 aromatic rings. The third-order valence-electron chi connectivity index (χ3n) is 3.33. The van der Waals surface area contributed by atoms with Crippen molar-refractivity contribution in [1.29, 1.82) is 0 Å². The van der Waals surface area contributed by atoms with Gasteiger partial charge in [0.25, 0.3) is 0 Å². The molecule has 1 N–H and O–H groups in total.